The van der Waals surface area contributed by atoms with E-state index in [4.69, 9.17) is 9.47 Å². The van der Waals surface area contributed by atoms with Crippen LogP contribution in [0.4, 0.5) is 0 Å². The van der Waals surface area contributed by atoms with E-state index in [9.17, 15) is 0 Å². The second-order valence-corrected chi connectivity index (χ2v) is 14.1. The summed E-state index contributed by atoms with van der Waals surface area (Å²) in [5.41, 5.74) is 0. The molecule has 0 aromatic heterocycles. The van der Waals surface area contributed by atoms with Gasteiger partial charge in [-0.2, -0.15) is 0 Å². The summed E-state index contributed by atoms with van der Waals surface area (Å²) in [5, 5.41) is 3.61. The van der Waals surface area contributed by atoms with Crippen LogP contribution in [0.25, 0.3) is 0 Å². The zero-order chi connectivity index (χ0) is 32.1. The molecule has 260 valence electrons. The number of hydrogen-bond acceptors (Lipinski definition) is 3. The van der Waals surface area contributed by atoms with E-state index in [0.717, 1.165) is 32.1 Å². The van der Waals surface area contributed by atoms with Crippen LogP contribution in [0.5, 0.6) is 0 Å². The van der Waals surface area contributed by atoms with Crippen molar-refractivity contribution in [3.8, 4) is 0 Å². The molecule has 0 aromatic rings. The summed E-state index contributed by atoms with van der Waals surface area (Å²) in [7, 11) is 0. The van der Waals surface area contributed by atoms with Gasteiger partial charge in [0, 0.05) is 18.9 Å². The van der Waals surface area contributed by atoms with Crippen molar-refractivity contribution in [3.63, 3.8) is 0 Å². The van der Waals surface area contributed by atoms with Crippen molar-refractivity contribution in [2.24, 2.45) is 0 Å². The molecule has 3 nitrogen and oxygen atoms in total. The van der Waals surface area contributed by atoms with Crippen LogP contribution in [-0.4, -0.2) is 24.2 Å². The molecule has 0 aliphatic carbocycles. The number of ether oxygens (including phenoxy) is 2. The van der Waals surface area contributed by atoms with Crippen molar-refractivity contribution in [2.45, 2.75) is 218 Å². The van der Waals surface area contributed by atoms with Gasteiger partial charge in [0.2, 0.25) is 0 Å². The third-order valence-electron chi connectivity index (χ3n) is 9.60. The van der Waals surface area contributed by atoms with Crippen LogP contribution in [0.1, 0.15) is 194 Å². The molecule has 2 saturated heterocycles. The molecule has 0 radical (unpaired) electrons. The first kappa shape index (κ1) is 40.0. The molecule has 4 atom stereocenters. The maximum atomic E-state index is 6.67. The average molecular weight is 626 g/mol. The third kappa shape index (κ3) is 20.6. The Bertz CT molecular complexity index is 770. The molecule has 2 fully saturated rings. The SMILES string of the molecule is CCCCC/C=C\C/C=C\CCCCCCCCC1(CCCCC/C=C\C/C=C\CCCCCCCC)O[C@H]2CC(C)N[C@@H]2O1. The maximum absolute atomic E-state index is 6.67. The minimum atomic E-state index is -0.353. The smallest absolute Gasteiger partial charge is 0.171 e. The summed E-state index contributed by atoms with van der Waals surface area (Å²) < 4.78 is 13.3. The normalized spacial score (nSPS) is 23.6. The lowest BCUT2D eigenvalue weighted by Gasteiger charge is -2.30. The molecule has 0 saturated carbocycles. The van der Waals surface area contributed by atoms with Gasteiger partial charge in [0.1, 0.15) is 12.3 Å². The predicted octanol–water partition coefficient (Wildman–Crippen LogP) is 13.2. The second-order valence-electron chi connectivity index (χ2n) is 14.1. The summed E-state index contributed by atoms with van der Waals surface area (Å²) in [5.74, 6) is -0.353. The van der Waals surface area contributed by atoms with Crippen LogP contribution in [0.15, 0.2) is 48.6 Å². The van der Waals surface area contributed by atoms with Crippen molar-refractivity contribution in [3.05, 3.63) is 48.6 Å². The molecule has 2 unspecified atom stereocenters. The van der Waals surface area contributed by atoms with E-state index in [1.54, 1.807) is 0 Å². The van der Waals surface area contributed by atoms with Gasteiger partial charge in [0.25, 0.3) is 0 Å². The molecule has 0 spiro atoms. The highest BCUT2D eigenvalue weighted by Gasteiger charge is 2.50. The fourth-order valence-corrected chi connectivity index (χ4v) is 6.81. The summed E-state index contributed by atoms with van der Waals surface area (Å²) >= 11 is 0. The molecule has 1 N–H and O–H groups in total. The number of allylic oxidation sites excluding steroid dienone is 8. The molecule has 0 bridgehead atoms. The van der Waals surface area contributed by atoms with Gasteiger partial charge < -0.3 is 9.47 Å². The molecule has 2 rings (SSSR count). The van der Waals surface area contributed by atoms with E-state index < -0.39 is 0 Å². The molecule has 2 aliphatic heterocycles. The molecule has 0 aromatic carbocycles. The van der Waals surface area contributed by atoms with E-state index in [0.29, 0.717) is 6.04 Å². The highest BCUT2D eigenvalue weighted by molar-refractivity contribution is 4.95. The first-order chi connectivity index (χ1) is 22.2. The fraction of sp³-hybridized carbons (Fsp3) is 0.810. The van der Waals surface area contributed by atoms with E-state index in [2.05, 4.69) is 74.7 Å². The van der Waals surface area contributed by atoms with Gasteiger partial charge in [-0.1, -0.05) is 140 Å². The third-order valence-corrected chi connectivity index (χ3v) is 9.60. The Morgan fingerprint density at radius 3 is 1.40 bits per heavy atom. The molecular weight excluding hydrogens is 550 g/mol. The standard InChI is InChI=1S/C42H75NO2/c1-4-6-8-10-12-14-16-18-20-22-24-26-28-30-32-34-36-42(44-40-38-39(3)43-41(40)45-42)37-35-33-31-29-27-25-23-21-19-17-15-13-11-9-7-5-2/h12,14,18-21,25,27,39-41,43H,4-11,13,15-17,22-24,26,28-38H2,1-3H3/b14-12-,20-18-,21-19-,27-25-/t39?,40-,41+,42?/m0/s1. The van der Waals surface area contributed by atoms with E-state index in [1.807, 2.05) is 0 Å². The number of nitrogens with one attached hydrogen (secondary N) is 1. The van der Waals surface area contributed by atoms with Crippen molar-refractivity contribution >= 4 is 0 Å². The van der Waals surface area contributed by atoms with Crippen LogP contribution in [-0.2, 0) is 9.47 Å². The number of fused-ring (bicyclic) bond motifs is 1. The number of rotatable bonds is 30. The Morgan fingerprint density at radius 2 is 0.911 bits per heavy atom. The minimum Gasteiger partial charge on any atom is -0.342 e. The highest BCUT2D eigenvalue weighted by Crippen LogP contribution is 2.40. The molecular formula is C42H75NO2. The lowest BCUT2D eigenvalue weighted by molar-refractivity contribution is -0.193. The molecule has 2 heterocycles. The molecule has 3 heteroatoms. The Morgan fingerprint density at radius 1 is 0.511 bits per heavy atom. The van der Waals surface area contributed by atoms with Gasteiger partial charge in [-0.05, 0) is 90.4 Å². The predicted molar refractivity (Wildman–Crippen MR) is 198 cm³/mol. The summed E-state index contributed by atoms with van der Waals surface area (Å²) in [6, 6.07) is 0.497. The van der Waals surface area contributed by atoms with Gasteiger partial charge in [-0.15, -0.1) is 0 Å². The van der Waals surface area contributed by atoms with Gasteiger partial charge in [0.15, 0.2) is 5.79 Å². The zero-order valence-electron chi connectivity index (χ0n) is 30.3. The Labute approximate surface area is 281 Å². The number of unbranched alkanes of at least 4 members (excludes halogenated alkanes) is 18. The van der Waals surface area contributed by atoms with E-state index in [1.165, 1.54) is 141 Å². The topological polar surface area (TPSA) is 30.5 Å². The molecule has 45 heavy (non-hydrogen) atoms. The number of hydrogen-bond donors (Lipinski definition) is 1. The van der Waals surface area contributed by atoms with Gasteiger partial charge in [-0.3, -0.25) is 5.32 Å². The largest absolute Gasteiger partial charge is 0.342 e. The Hall–Kier alpha value is -1.16. The maximum Gasteiger partial charge on any atom is 0.171 e. The van der Waals surface area contributed by atoms with Crippen LogP contribution in [0.2, 0.25) is 0 Å². The summed E-state index contributed by atoms with van der Waals surface area (Å²) in [4.78, 5) is 0. The lowest BCUT2D eigenvalue weighted by Crippen LogP contribution is -2.36. The van der Waals surface area contributed by atoms with Crippen molar-refractivity contribution in [1.82, 2.24) is 5.32 Å². The molecule has 2 aliphatic rings. The minimum absolute atomic E-state index is 0.0987. The first-order valence-electron chi connectivity index (χ1n) is 19.9. The highest BCUT2D eigenvalue weighted by atomic mass is 16.8. The molecule has 0 amide bonds. The van der Waals surface area contributed by atoms with Crippen LogP contribution < -0.4 is 5.32 Å². The quantitative estimate of drug-likeness (QED) is 0.0636. The lowest BCUT2D eigenvalue weighted by atomic mass is 9.99. The zero-order valence-corrected chi connectivity index (χ0v) is 30.3. The van der Waals surface area contributed by atoms with E-state index >= 15 is 0 Å². The van der Waals surface area contributed by atoms with Crippen LogP contribution >= 0.6 is 0 Å². The second kappa shape index (κ2) is 27.9. The van der Waals surface area contributed by atoms with Crippen LogP contribution in [0, 0.1) is 0 Å². The Balaban J connectivity index is 1.51. The summed E-state index contributed by atoms with van der Waals surface area (Å²) in [6.07, 6.45) is 53.4. The van der Waals surface area contributed by atoms with Crippen molar-refractivity contribution < 1.29 is 9.47 Å². The first-order valence-corrected chi connectivity index (χ1v) is 19.9. The van der Waals surface area contributed by atoms with E-state index in [-0.39, 0.29) is 18.1 Å². The van der Waals surface area contributed by atoms with Gasteiger partial charge in [-0.25, -0.2) is 0 Å². The van der Waals surface area contributed by atoms with Crippen molar-refractivity contribution in [2.75, 3.05) is 0 Å². The van der Waals surface area contributed by atoms with Gasteiger partial charge >= 0.3 is 0 Å². The van der Waals surface area contributed by atoms with Crippen LogP contribution in [0.3, 0.4) is 0 Å². The average Bonchev–Trinajstić information content (AvgIpc) is 3.54. The fourth-order valence-electron chi connectivity index (χ4n) is 6.81. The Kier molecular flexibility index (Phi) is 24.8. The monoisotopic (exact) mass is 626 g/mol. The van der Waals surface area contributed by atoms with Gasteiger partial charge in [0.05, 0.1) is 0 Å². The van der Waals surface area contributed by atoms with Crippen molar-refractivity contribution in [1.29, 1.82) is 0 Å². The summed E-state index contributed by atoms with van der Waals surface area (Å²) in [6.45, 7) is 6.80.